The second-order valence-electron chi connectivity index (χ2n) is 5.96. The quantitative estimate of drug-likeness (QED) is 0.553. The van der Waals surface area contributed by atoms with Crippen molar-refractivity contribution in [1.29, 1.82) is 0 Å². The maximum Gasteiger partial charge on any atom is 0.446 e. The molecule has 26 heavy (non-hydrogen) atoms. The first-order valence-electron chi connectivity index (χ1n) is 8.31. The van der Waals surface area contributed by atoms with Gasteiger partial charge in [0.05, 0.1) is 4.90 Å². The molecule has 0 unspecified atom stereocenters. The average Bonchev–Trinajstić information content (AvgIpc) is 2.75. The number of nitrogens with one attached hydrogen (secondary N) is 1. The Bertz CT molecular complexity index is 706. The molecule has 146 valence electrons. The van der Waals surface area contributed by atoms with E-state index < -0.39 is 15.5 Å². The molecule has 1 amide bonds. The Kier molecular flexibility index (Phi) is 7.36. The fourth-order valence-corrected chi connectivity index (χ4v) is 4.27. The summed E-state index contributed by atoms with van der Waals surface area (Å²) < 4.78 is 63.7. The molecular formula is C16H21F3N2O3S2. The third-order valence-electron chi connectivity index (χ3n) is 3.94. The predicted molar refractivity (Wildman–Crippen MR) is 93.2 cm³/mol. The van der Waals surface area contributed by atoms with Gasteiger partial charge in [0.2, 0.25) is 15.9 Å². The summed E-state index contributed by atoms with van der Waals surface area (Å²) in [5, 5.41) is 0. The Hall–Kier alpha value is -1.26. The Morgan fingerprint density at radius 2 is 1.81 bits per heavy atom. The van der Waals surface area contributed by atoms with Crippen molar-refractivity contribution in [3.05, 3.63) is 24.3 Å². The first-order chi connectivity index (χ1) is 12.2. The van der Waals surface area contributed by atoms with Crippen molar-refractivity contribution in [1.82, 2.24) is 9.62 Å². The van der Waals surface area contributed by atoms with Crippen LogP contribution in [0.25, 0.3) is 0 Å². The predicted octanol–water partition coefficient (Wildman–Crippen LogP) is 3.37. The summed E-state index contributed by atoms with van der Waals surface area (Å²) in [5.74, 6) is 0.100. The van der Waals surface area contributed by atoms with E-state index >= 15 is 0 Å². The van der Waals surface area contributed by atoms with E-state index in [9.17, 15) is 26.4 Å². The van der Waals surface area contributed by atoms with E-state index in [-0.39, 0.29) is 34.0 Å². The van der Waals surface area contributed by atoms with E-state index in [2.05, 4.69) is 4.72 Å². The van der Waals surface area contributed by atoms with Gasteiger partial charge in [-0.3, -0.25) is 4.79 Å². The monoisotopic (exact) mass is 410 g/mol. The van der Waals surface area contributed by atoms with E-state index in [1.54, 1.807) is 4.90 Å². The second-order valence-corrected chi connectivity index (χ2v) is 8.87. The zero-order valence-electron chi connectivity index (χ0n) is 14.1. The maximum absolute atomic E-state index is 12.3. The largest absolute Gasteiger partial charge is 0.446 e. The summed E-state index contributed by atoms with van der Waals surface area (Å²) in [6, 6.07) is 4.55. The highest BCUT2D eigenvalue weighted by Crippen LogP contribution is 2.36. The van der Waals surface area contributed by atoms with Crippen molar-refractivity contribution in [2.45, 2.75) is 47.4 Å². The Morgan fingerprint density at radius 1 is 1.12 bits per heavy atom. The number of likely N-dealkylation sites (tertiary alicyclic amines) is 1. The molecule has 1 fully saturated rings. The zero-order chi connectivity index (χ0) is 19.2. The van der Waals surface area contributed by atoms with Crippen LogP contribution in [-0.2, 0) is 14.8 Å². The molecule has 0 aromatic heterocycles. The molecule has 0 atom stereocenters. The van der Waals surface area contributed by atoms with E-state index in [0.717, 1.165) is 43.5 Å². The van der Waals surface area contributed by atoms with Crippen molar-refractivity contribution in [2.24, 2.45) is 0 Å². The van der Waals surface area contributed by atoms with Crippen LogP contribution in [0.1, 0.15) is 32.1 Å². The molecule has 10 heteroatoms. The smallest absolute Gasteiger partial charge is 0.343 e. The minimum atomic E-state index is -4.41. The topological polar surface area (TPSA) is 66.5 Å². The summed E-state index contributed by atoms with van der Waals surface area (Å²) in [6.45, 7) is 1.34. The first-order valence-corrected chi connectivity index (χ1v) is 10.6. The van der Waals surface area contributed by atoms with Crippen LogP contribution in [0, 0.1) is 0 Å². The van der Waals surface area contributed by atoms with Crippen molar-refractivity contribution in [3.8, 4) is 0 Å². The number of hydrogen-bond donors (Lipinski definition) is 1. The molecule has 0 saturated carbocycles. The zero-order valence-corrected chi connectivity index (χ0v) is 15.7. The summed E-state index contributed by atoms with van der Waals surface area (Å²) in [4.78, 5) is 13.5. The molecule has 0 bridgehead atoms. The molecule has 1 aromatic carbocycles. The van der Waals surface area contributed by atoms with E-state index in [1.165, 1.54) is 0 Å². The molecule has 5 nitrogen and oxygen atoms in total. The third-order valence-corrected chi connectivity index (χ3v) is 6.15. The van der Waals surface area contributed by atoms with E-state index in [1.807, 2.05) is 0 Å². The summed E-state index contributed by atoms with van der Waals surface area (Å²) in [5.41, 5.74) is -4.41. The van der Waals surface area contributed by atoms with Gasteiger partial charge in [-0.2, -0.15) is 13.2 Å². The average molecular weight is 410 g/mol. The molecule has 0 radical (unpaired) electrons. The normalized spacial score (nSPS) is 16.6. The van der Waals surface area contributed by atoms with E-state index in [4.69, 9.17) is 0 Å². The van der Waals surface area contributed by atoms with Crippen molar-refractivity contribution < 1.29 is 26.4 Å². The standard InChI is InChI=1S/C16H21F3N2O3S2/c17-16(18,19)25-13-6-8-14(9-7-13)26(23,24)20-10-4-12-21-11-3-1-2-5-15(21)22/h6-9,20H,1-5,10-12H2. The number of alkyl halides is 3. The van der Waals surface area contributed by atoms with E-state index in [0.29, 0.717) is 25.9 Å². The summed E-state index contributed by atoms with van der Waals surface area (Å²) in [7, 11) is -3.79. The van der Waals surface area contributed by atoms with Crippen LogP contribution in [0.5, 0.6) is 0 Å². The fourth-order valence-electron chi connectivity index (χ4n) is 2.66. The highest BCUT2D eigenvalue weighted by molar-refractivity contribution is 8.00. The minimum absolute atomic E-state index is 0.0730. The maximum atomic E-state index is 12.3. The number of carbonyl (C=O) groups excluding carboxylic acids is 1. The van der Waals surface area contributed by atoms with Crippen LogP contribution < -0.4 is 4.72 Å². The van der Waals surface area contributed by atoms with Gasteiger partial charge in [0.15, 0.2) is 0 Å². The Balaban J connectivity index is 1.83. The lowest BCUT2D eigenvalue weighted by Crippen LogP contribution is -2.34. The van der Waals surface area contributed by atoms with Gasteiger partial charge in [-0.05, 0) is 55.3 Å². The van der Waals surface area contributed by atoms with Crippen LogP contribution in [-0.4, -0.2) is 44.4 Å². The van der Waals surface area contributed by atoms with Crippen LogP contribution in [0.2, 0.25) is 0 Å². The highest BCUT2D eigenvalue weighted by atomic mass is 32.2. The molecule has 1 aliphatic heterocycles. The van der Waals surface area contributed by atoms with Crippen LogP contribution >= 0.6 is 11.8 Å². The molecule has 0 aliphatic carbocycles. The molecule has 1 aliphatic rings. The number of benzene rings is 1. The number of sulfonamides is 1. The molecular weight excluding hydrogens is 389 g/mol. The van der Waals surface area contributed by atoms with Gasteiger partial charge < -0.3 is 4.90 Å². The lowest BCUT2D eigenvalue weighted by atomic mass is 10.2. The Labute approximate surface area is 155 Å². The van der Waals surface area contributed by atoms with Crippen molar-refractivity contribution >= 4 is 27.7 Å². The van der Waals surface area contributed by atoms with Gasteiger partial charge >= 0.3 is 5.51 Å². The molecule has 1 saturated heterocycles. The van der Waals surface area contributed by atoms with Gasteiger partial charge in [-0.15, -0.1) is 0 Å². The summed E-state index contributed by atoms with van der Waals surface area (Å²) in [6.07, 6.45) is 3.89. The number of thioether (sulfide) groups is 1. The molecule has 1 N–H and O–H groups in total. The number of carbonyl (C=O) groups is 1. The molecule has 1 aromatic rings. The number of nitrogens with zero attached hydrogens (tertiary/aromatic N) is 1. The number of rotatable bonds is 7. The molecule has 2 rings (SSSR count). The lowest BCUT2D eigenvalue weighted by Gasteiger charge is -2.20. The van der Waals surface area contributed by atoms with Crippen molar-refractivity contribution in [3.63, 3.8) is 0 Å². The minimum Gasteiger partial charge on any atom is -0.343 e. The van der Waals surface area contributed by atoms with Crippen LogP contribution in [0.4, 0.5) is 13.2 Å². The van der Waals surface area contributed by atoms with Gasteiger partial charge in [-0.1, -0.05) is 6.42 Å². The van der Waals surface area contributed by atoms with Crippen LogP contribution in [0.15, 0.2) is 34.1 Å². The van der Waals surface area contributed by atoms with Gasteiger partial charge in [-0.25, -0.2) is 13.1 Å². The Morgan fingerprint density at radius 3 is 2.46 bits per heavy atom. The lowest BCUT2D eigenvalue weighted by molar-refractivity contribution is -0.130. The van der Waals surface area contributed by atoms with Crippen LogP contribution in [0.3, 0.4) is 0 Å². The first kappa shape index (κ1) is 21.0. The van der Waals surface area contributed by atoms with Crippen molar-refractivity contribution in [2.75, 3.05) is 19.6 Å². The van der Waals surface area contributed by atoms with Gasteiger partial charge in [0.1, 0.15) is 0 Å². The number of halogens is 3. The van der Waals surface area contributed by atoms with Gasteiger partial charge in [0.25, 0.3) is 0 Å². The fraction of sp³-hybridized carbons (Fsp3) is 0.562. The SMILES string of the molecule is O=C1CCCCCN1CCCNS(=O)(=O)c1ccc(SC(F)(F)F)cc1. The highest BCUT2D eigenvalue weighted by Gasteiger charge is 2.29. The van der Waals surface area contributed by atoms with Gasteiger partial charge in [0, 0.05) is 31.0 Å². The number of amides is 1. The number of hydrogen-bond acceptors (Lipinski definition) is 4. The third kappa shape index (κ3) is 6.81. The second kappa shape index (κ2) is 9.09. The summed E-state index contributed by atoms with van der Waals surface area (Å²) >= 11 is -0.293. The molecule has 0 spiro atoms. The molecule has 1 heterocycles.